The van der Waals surface area contributed by atoms with Crippen molar-refractivity contribution in [1.82, 2.24) is 9.38 Å². The molecule has 0 aliphatic heterocycles. The summed E-state index contributed by atoms with van der Waals surface area (Å²) in [4.78, 5) is 19.6. The SMILES string of the molecule is CCOC(=O)c1sc2nc(-c3ccc(SC)cc3)c(NCc3cccc(F)c3)n2c1C. The summed E-state index contributed by atoms with van der Waals surface area (Å²) in [5, 5.41) is 3.42. The van der Waals surface area contributed by atoms with E-state index in [1.54, 1.807) is 24.8 Å². The van der Waals surface area contributed by atoms with Crippen LogP contribution in [0.5, 0.6) is 0 Å². The van der Waals surface area contributed by atoms with E-state index in [-0.39, 0.29) is 11.8 Å². The molecule has 1 N–H and O–H groups in total. The summed E-state index contributed by atoms with van der Waals surface area (Å²) in [6, 6.07) is 14.7. The Balaban J connectivity index is 1.79. The summed E-state index contributed by atoms with van der Waals surface area (Å²) in [5.74, 6) is 0.139. The first kappa shape index (κ1) is 21.4. The third-order valence-corrected chi connectivity index (χ3v) is 6.74. The van der Waals surface area contributed by atoms with Gasteiger partial charge in [-0.3, -0.25) is 4.40 Å². The number of nitrogens with one attached hydrogen (secondary N) is 1. The highest BCUT2D eigenvalue weighted by atomic mass is 32.2. The van der Waals surface area contributed by atoms with Crippen molar-refractivity contribution in [1.29, 1.82) is 0 Å². The number of carbonyl (C=O) groups excluding carboxylic acids is 1. The molecule has 0 bridgehead atoms. The molecule has 2 heterocycles. The lowest BCUT2D eigenvalue weighted by Gasteiger charge is -2.10. The highest BCUT2D eigenvalue weighted by Crippen LogP contribution is 2.35. The van der Waals surface area contributed by atoms with Gasteiger partial charge in [-0.1, -0.05) is 35.6 Å². The predicted molar refractivity (Wildman–Crippen MR) is 125 cm³/mol. The lowest BCUT2D eigenvalue weighted by molar-refractivity contribution is 0.0531. The molecule has 0 amide bonds. The summed E-state index contributed by atoms with van der Waals surface area (Å²) in [5.41, 5.74) is 3.33. The summed E-state index contributed by atoms with van der Waals surface area (Å²) < 4.78 is 20.8. The molecule has 0 fully saturated rings. The Morgan fingerprint density at radius 2 is 2.03 bits per heavy atom. The van der Waals surface area contributed by atoms with Crippen LogP contribution in [0.3, 0.4) is 0 Å². The molecule has 2 aromatic heterocycles. The number of thioether (sulfide) groups is 1. The van der Waals surface area contributed by atoms with Gasteiger partial charge in [0.15, 0.2) is 4.96 Å². The average molecular weight is 456 g/mol. The number of benzene rings is 2. The van der Waals surface area contributed by atoms with E-state index < -0.39 is 0 Å². The van der Waals surface area contributed by atoms with Crippen LogP contribution < -0.4 is 5.32 Å². The molecule has 0 atom stereocenters. The largest absolute Gasteiger partial charge is 0.462 e. The van der Waals surface area contributed by atoms with Crippen LogP contribution in [-0.2, 0) is 11.3 Å². The number of aromatic nitrogens is 2. The van der Waals surface area contributed by atoms with Gasteiger partial charge in [-0.25, -0.2) is 14.2 Å². The van der Waals surface area contributed by atoms with Crippen LogP contribution in [0.2, 0.25) is 0 Å². The van der Waals surface area contributed by atoms with Crippen molar-refractivity contribution in [2.45, 2.75) is 25.3 Å². The molecule has 0 aliphatic carbocycles. The minimum absolute atomic E-state index is 0.276. The minimum Gasteiger partial charge on any atom is -0.462 e. The Kier molecular flexibility index (Phi) is 6.29. The number of hydrogen-bond acceptors (Lipinski definition) is 6. The predicted octanol–water partition coefficient (Wildman–Crippen LogP) is 6.02. The first-order chi connectivity index (χ1) is 15.0. The van der Waals surface area contributed by atoms with Crippen LogP contribution in [0.15, 0.2) is 53.4 Å². The molecule has 0 saturated carbocycles. The Bertz CT molecular complexity index is 1230. The van der Waals surface area contributed by atoms with Gasteiger partial charge in [0, 0.05) is 22.7 Å². The zero-order valence-electron chi connectivity index (χ0n) is 17.4. The Morgan fingerprint density at radius 3 is 2.71 bits per heavy atom. The van der Waals surface area contributed by atoms with Crippen LogP contribution in [0.25, 0.3) is 16.2 Å². The fourth-order valence-electron chi connectivity index (χ4n) is 3.38. The number of thiazole rings is 1. The number of nitrogens with zero attached hydrogens (tertiary/aromatic N) is 2. The maximum absolute atomic E-state index is 13.6. The second-order valence-corrected chi connectivity index (χ2v) is 8.73. The van der Waals surface area contributed by atoms with Crippen molar-refractivity contribution in [2.75, 3.05) is 18.2 Å². The molecule has 4 aromatic rings. The Labute approximate surface area is 188 Å². The van der Waals surface area contributed by atoms with Gasteiger partial charge in [0.25, 0.3) is 0 Å². The molecule has 5 nitrogen and oxygen atoms in total. The van der Waals surface area contributed by atoms with Crippen molar-refractivity contribution in [3.8, 4) is 11.3 Å². The summed E-state index contributed by atoms with van der Waals surface area (Å²) in [6.07, 6.45) is 2.04. The molecule has 0 saturated heterocycles. The number of fused-ring (bicyclic) bond motifs is 1. The van der Waals surface area contributed by atoms with Crippen LogP contribution in [-0.4, -0.2) is 28.2 Å². The van der Waals surface area contributed by atoms with E-state index in [1.807, 2.05) is 35.8 Å². The van der Waals surface area contributed by atoms with Crippen LogP contribution in [0.1, 0.15) is 27.9 Å². The standard InChI is InChI=1S/C23H22FN3O2S2/c1-4-29-22(28)20-14(2)27-21(25-13-15-6-5-7-17(24)12-15)19(26-23(27)31-20)16-8-10-18(30-3)11-9-16/h5-12,25H,4,13H2,1-3H3. The number of anilines is 1. The highest BCUT2D eigenvalue weighted by Gasteiger charge is 2.23. The topological polar surface area (TPSA) is 55.6 Å². The van der Waals surface area contributed by atoms with Crippen LogP contribution >= 0.6 is 23.1 Å². The number of esters is 1. The smallest absolute Gasteiger partial charge is 0.350 e. The van der Waals surface area contributed by atoms with E-state index in [0.717, 1.165) is 28.3 Å². The monoisotopic (exact) mass is 455 g/mol. The van der Waals surface area contributed by atoms with E-state index in [2.05, 4.69) is 17.4 Å². The maximum atomic E-state index is 13.6. The van der Waals surface area contributed by atoms with E-state index in [9.17, 15) is 9.18 Å². The fraction of sp³-hybridized carbons (Fsp3) is 0.217. The second-order valence-electron chi connectivity index (χ2n) is 6.88. The lowest BCUT2D eigenvalue weighted by atomic mass is 10.1. The van der Waals surface area contributed by atoms with Gasteiger partial charge in [0.1, 0.15) is 22.2 Å². The van der Waals surface area contributed by atoms with Gasteiger partial charge < -0.3 is 10.1 Å². The van der Waals surface area contributed by atoms with Crippen molar-refractivity contribution in [3.05, 3.63) is 70.5 Å². The van der Waals surface area contributed by atoms with Gasteiger partial charge >= 0.3 is 5.97 Å². The molecule has 4 rings (SSSR count). The quantitative estimate of drug-likeness (QED) is 0.273. The molecular formula is C23H22FN3O2S2. The molecule has 0 unspecified atom stereocenters. The highest BCUT2D eigenvalue weighted by molar-refractivity contribution is 7.98. The summed E-state index contributed by atoms with van der Waals surface area (Å²) in [6.45, 7) is 4.40. The second kappa shape index (κ2) is 9.11. The third-order valence-electron chi connectivity index (χ3n) is 4.88. The van der Waals surface area contributed by atoms with E-state index in [1.165, 1.54) is 28.4 Å². The molecular weight excluding hydrogens is 433 g/mol. The van der Waals surface area contributed by atoms with Gasteiger partial charge in [0.05, 0.1) is 6.61 Å². The van der Waals surface area contributed by atoms with Gasteiger partial charge in [-0.2, -0.15) is 0 Å². The zero-order chi connectivity index (χ0) is 22.0. The van der Waals surface area contributed by atoms with Crippen molar-refractivity contribution in [2.24, 2.45) is 0 Å². The first-order valence-corrected chi connectivity index (χ1v) is 11.9. The molecule has 160 valence electrons. The van der Waals surface area contributed by atoms with Crippen molar-refractivity contribution >= 4 is 39.8 Å². The number of aryl methyl sites for hydroxylation is 1. The summed E-state index contributed by atoms with van der Waals surface area (Å²) >= 11 is 2.99. The van der Waals surface area contributed by atoms with Crippen LogP contribution in [0.4, 0.5) is 10.2 Å². The van der Waals surface area contributed by atoms with Crippen molar-refractivity contribution in [3.63, 3.8) is 0 Å². The number of carbonyl (C=O) groups is 1. The van der Waals surface area contributed by atoms with E-state index >= 15 is 0 Å². The van der Waals surface area contributed by atoms with Crippen LogP contribution in [0, 0.1) is 12.7 Å². The summed E-state index contributed by atoms with van der Waals surface area (Å²) in [7, 11) is 0. The van der Waals surface area contributed by atoms with Gasteiger partial charge in [0.2, 0.25) is 0 Å². The lowest BCUT2D eigenvalue weighted by Crippen LogP contribution is -2.07. The Hall–Kier alpha value is -2.84. The van der Waals surface area contributed by atoms with Gasteiger partial charge in [-0.05, 0) is 49.9 Å². The normalized spacial score (nSPS) is 11.1. The molecule has 2 aromatic carbocycles. The number of imidazole rings is 1. The molecule has 0 aliphatic rings. The van der Waals surface area contributed by atoms with Crippen molar-refractivity contribution < 1.29 is 13.9 Å². The Morgan fingerprint density at radius 1 is 1.26 bits per heavy atom. The zero-order valence-corrected chi connectivity index (χ0v) is 19.1. The molecule has 0 radical (unpaired) electrons. The number of halogens is 1. The number of rotatable bonds is 7. The minimum atomic E-state index is -0.350. The molecule has 0 spiro atoms. The fourth-order valence-corrected chi connectivity index (χ4v) is 4.81. The van der Waals surface area contributed by atoms with E-state index in [0.29, 0.717) is 23.0 Å². The third kappa shape index (κ3) is 4.31. The average Bonchev–Trinajstić information content (AvgIpc) is 3.29. The maximum Gasteiger partial charge on any atom is 0.350 e. The first-order valence-electron chi connectivity index (χ1n) is 9.83. The van der Waals surface area contributed by atoms with Gasteiger partial charge in [-0.15, -0.1) is 11.8 Å². The molecule has 8 heteroatoms. The van der Waals surface area contributed by atoms with E-state index in [4.69, 9.17) is 9.72 Å². The number of ether oxygens (including phenoxy) is 1. The molecule has 31 heavy (non-hydrogen) atoms. The number of hydrogen-bond donors (Lipinski definition) is 1.